The molecule has 0 heterocycles. The van der Waals surface area contributed by atoms with Gasteiger partial charge in [0.15, 0.2) is 0 Å². The molecule has 0 saturated heterocycles. The van der Waals surface area contributed by atoms with Gasteiger partial charge in [-0.3, -0.25) is 0 Å². The molecule has 1 nitrogen and oxygen atoms in total. The summed E-state index contributed by atoms with van der Waals surface area (Å²) in [5.41, 5.74) is 0. The third-order valence-electron chi connectivity index (χ3n) is 5.40. The van der Waals surface area contributed by atoms with E-state index in [-0.39, 0.29) is 0 Å². The first-order chi connectivity index (χ1) is 9.43. The van der Waals surface area contributed by atoms with Crippen LogP contribution in [-0.4, -0.2) is 12.6 Å². The molecule has 1 aliphatic rings. The van der Waals surface area contributed by atoms with Gasteiger partial charge in [-0.25, -0.2) is 0 Å². The Balaban J connectivity index is 2.56. The zero-order chi connectivity index (χ0) is 15.1. The molecule has 1 rings (SSSR count). The number of rotatable bonds is 8. The molecule has 1 N–H and O–H groups in total. The zero-order valence-electron chi connectivity index (χ0n) is 14.9. The van der Waals surface area contributed by atoms with Crippen molar-refractivity contribution in [1.29, 1.82) is 0 Å². The van der Waals surface area contributed by atoms with Gasteiger partial charge in [-0.15, -0.1) is 0 Å². The summed E-state index contributed by atoms with van der Waals surface area (Å²) >= 11 is 0. The van der Waals surface area contributed by atoms with E-state index in [9.17, 15) is 0 Å². The van der Waals surface area contributed by atoms with Crippen molar-refractivity contribution in [2.75, 3.05) is 6.54 Å². The third-order valence-corrected chi connectivity index (χ3v) is 5.40. The summed E-state index contributed by atoms with van der Waals surface area (Å²) in [4.78, 5) is 0. The van der Waals surface area contributed by atoms with E-state index in [1.54, 1.807) is 0 Å². The maximum Gasteiger partial charge on any atom is 0.00104 e. The quantitative estimate of drug-likeness (QED) is 0.619. The molecule has 0 aromatic carbocycles. The van der Waals surface area contributed by atoms with Gasteiger partial charge in [0.05, 0.1) is 0 Å². The molecule has 0 bridgehead atoms. The second-order valence-electron chi connectivity index (χ2n) is 8.03. The van der Waals surface area contributed by atoms with Gasteiger partial charge in [0.1, 0.15) is 0 Å². The standard InChI is InChI=1S/C19H39N/c1-7-8-16(6)11-19-12-17(14(2)3)9-10-18(19)13-20-15(4)5/h14-20H,7-13H2,1-6H3. The summed E-state index contributed by atoms with van der Waals surface area (Å²) in [6.45, 7) is 15.4. The molecule has 0 aliphatic heterocycles. The first-order valence-corrected chi connectivity index (χ1v) is 9.17. The second kappa shape index (κ2) is 9.07. The lowest BCUT2D eigenvalue weighted by molar-refractivity contribution is 0.122. The van der Waals surface area contributed by atoms with Gasteiger partial charge >= 0.3 is 0 Å². The van der Waals surface area contributed by atoms with E-state index in [4.69, 9.17) is 0 Å². The van der Waals surface area contributed by atoms with Gasteiger partial charge in [-0.05, 0) is 61.8 Å². The highest BCUT2D eigenvalue weighted by Crippen LogP contribution is 2.40. The fourth-order valence-electron chi connectivity index (χ4n) is 4.04. The minimum absolute atomic E-state index is 0.631. The highest BCUT2D eigenvalue weighted by atomic mass is 14.9. The van der Waals surface area contributed by atoms with Crippen LogP contribution >= 0.6 is 0 Å². The maximum absolute atomic E-state index is 3.69. The van der Waals surface area contributed by atoms with Gasteiger partial charge in [0, 0.05) is 6.04 Å². The minimum atomic E-state index is 0.631. The Morgan fingerprint density at radius 2 is 1.70 bits per heavy atom. The van der Waals surface area contributed by atoms with Crippen LogP contribution in [0.4, 0.5) is 0 Å². The first-order valence-electron chi connectivity index (χ1n) is 9.17. The van der Waals surface area contributed by atoms with Crippen molar-refractivity contribution in [2.45, 2.75) is 86.1 Å². The summed E-state index contributed by atoms with van der Waals surface area (Å²) in [5.74, 6) is 4.65. The molecule has 4 atom stereocenters. The van der Waals surface area contributed by atoms with Gasteiger partial charge in [0.25, 0.3) is 0 Å². The van der Waals surface area contributed by atoms with Crippen molar-refractivity contribution in [1.82, 2.24) is 5.32 Å². The van der Waals surface area contributed by atoms with Crippen LogP contribution in [0.5, 0.6) is 0 Å². The first kappa shape index (κ1) is 18.0. The molecular formula is C19H39N. The van der Waals surface area contributed by atoms with Crippen molar-refractivity contribution in [3.8, 4) is 0 Å². The summed E-state index contributed by atoms with van der Waals surface area (Å²) in [6, 6.07) is 0.631. The van der Waals surface area contributed by atoms with Crippen LogP contribution in [0, 0.1) is 29.6 Å². The summed E-state index contributed by atoms with van der Waals surface area (Å²) in [6.07, 6.45) is 8.61. The molecule has 1 aliphatic carbocycles. The van der Waals surface area contributed by atoms with Crippen LogP contribution in [0.15, 0.2) is 0 Å². The third kappa shape index (κ3) is 6.16. The maximum atomic E-state index is 3.69. The smallest absolute Gasteiger partial charge is 0.00104 e. The average molecular weight is 282 g/mol. The summed E-state index contributed by atoms with van der Waals surface area (Å²) in [7, 11) is 0. The van der Waals surface area contributed by atoms with Crippen molar-refractivity contribution >= 4 is 0 Å². The molecule has 4 unspecified atom stereocenters. The number of nitrogens with one attached hydrogen (secondary N) is 1. The van der Waals surface area contributed by atoms with Crippen LogP contribution < -0.4 is 5.32 Å². The van der Waals surface area contributed by atoms with Crippen LogP contribution in [0.3, 0.4) is 0 Å². The lowest BCUT2D eigenvalue weighted by Crippen LogP contribution is -2.37. The van der Waals surface area contributed by atoms with E-state index in [1.165, 1.54) is 45.1 Å². The van der Waals surface area contributed by atoms with Gasteiger partial charge in [-0.1, -0.05) is 54.4 Å². The van der Waals surface area contributed by atoms with Crippen LogP contribution in [0.2, 0.25) is 0 Å². The molecule has 0 amide bonds. The van der Waals surface area contributed by atoms with Crippen LogP contribution in [0.1, 0.15) is 80.1 Å². The van der Waals surface area contributed by atoms with Crippen LogP contribution in [-0.2, 0) is 0 Å². The fourth-order valence-corrected chi connectivity index (χ4v) is 4.04. The van der Waals surface area contributed by atoms with Gasteiger partial charge in [0.2, 0.25) is 0 Å². The topological polar surface area (TPSA) is 12.0 Å². The number of hydrogen-bond donors (Lipinski definition) is 1. The lowest BCUT2D eigenvalue weighted by atomic mass is 9.68. The predicted octanol–water partition coefficient (Wildman–Crippen LogP) is 5.50. The summed E-state index contributed by atoms with van der Waals surface area (Å²) < 4.78 is 0. The minimum Gasteiger partial charge on any atom is -0.314 e. The van der Waals surface area contributed by atoms with E-state index < -0.39 is 0 Å². The van der Waals surface area contributed by atoms with E-state index in [0.717, 1.165) is 29.6 Å². The Morgan fingerprint density at radius 1 is 1.00 bits per heavy atom. The Hall–Kier alpha value is -0.0400. The summed E-state index contributed by atoms with van der Waals surface area (Å²) in [5, 5.41) is 3.69. The van der Waals surface area contributed by atoms with Crippen molar-refractivity contribution in [3.05, 3.63) is 0 Å². The average Bonchev–Trinajstić information content (AvgIpc) is 2.37. The molecular weight excluding hydrogens is 242 g/mol. The Kier molecular flexibility index (Phi) is 8.17. The van der Waals surface area contributed by atoms with Crippen molar-refractivity contribution < 1.29 is 0 Å². The fraction of sp³-hybridized carbons (Fsp3) is 1.00. The predicted molar refractivity (Wildman–Crippen MR) is 91.0 cm³/mol. The zero-order valence-corrected chi connectivity index (χ0v) is 14.9. The molecule has 120 valence electrons. The molecule has 1 fully saturated rings. The van der Waals surface area contributed by atoms with Crippen LogP contribution in [0.25, 0.3) is 0 Å². The Bertz CT molecular complexity index is 246. The molecule has 0 aromatic heterocycles. The monoisotopic (exact) mass is 281 g/mol. The van der Waals surface area contributed by atoms with E-state index in [2.05, 4.69) is 46.9 Å². The number of hydrogen-bond acceptors (Lipinski definition) is 1. The second-order valence-corrected chi connectivity index (χ2v) is 8.03. The van der Waals surface area contributed by atoms with Gasteiger partial charge < -0.3 is 5.32 Å². The van der Waals surface area contributed by atoms with E-state index >= 15 is 0 Å². The Labute approximate surface area is 128 Å². The molecule has 20 heavy (non-hydrogen) atoms. The SMILES string of the molecule is CCCC(C)CC1CC(C(C)C)CCC1CNC(C)C. The van der Waals surface area contributed by atoms with E-state index in [0.29, 0.717) is 6.04 Å². The highest BCUT2D eigenvalue weighted by Gasteiger charge is 2.32. The molecule has 1 saturated carbocycles. The molecule has 0 aromatic rings. The molecule has 0 radical (unpaired) electrons. The largest absolute Gasteiger partial charge is 0.314 e. The molecule has 0 spiro atoms. The van der Waals surface area contributed by atoms with Crippen molar-refractivity contribution in [3.63, 3.8) is 0 Å². The Morgan fingerprint density at radius 3 is 2.25 bits per heavy atom. The van der Waals surface area contributed by atoms with E-state index in [1.807, 2.05) is 0 Å². The van der Waals surface area contributed by atoms with Crippen molar-refractivity contribution in [2.24, 2.45) is 29.6 Å². The van der Waals surface area contributed by atoms with Gasteiger partial charge in [-0.2, -0.15) is 0 Å². The highest BCUT2D eigenvalue weighted by molar-refractivity contribution is 4.84. The normalized spacial score (nSPS) is 29.1. The lowest BCUT2D eigenvalue weighted by Gasteiger charge is -2.39. The molecule has 1 heteroatoms.